The average Bonchev–Trinajstić information content (AvgIpc) is 3.06. The van der Waals surface area contributed by atoms with E-state index in [9.17, 15) is 4.21 Å². The summed E-state index contributed by atoms with van der Waals surface area (Å²) in [5.74, 6) is 1.02. The predicted octanol–water partition coefficient (Wildman–Crippen LogP) is 4.28. The van der Waals surface area contributed by atoms with Gasteiger partial charge in [0.25, 0.3) is 0 Å². The van der Waals surface area contributed by atoms with Gasteiger partial charge in [-0.2, -0.15) is 4.36 Å². The van der Waals surface area contributed by atoms with Crippen LogP contribution in [0.4, 0.5) is 5.69 Å². The van der Waals surface area contributed by atoms with Crippen molar-refractivity contribution in [1.29, 1.82) is 0 Å². The molecule has 0 aromatic heterocycles. The van der Waals surface area contributed by atoms with Crippen molar-refractivity contribution in [2.75, 3.05) is 12.9 Å². The first-order chi connectivity index (χ1) is 11.5. The van der Waals surface area contributed by atoms with Crippen molar-refractivity contribution in [3.63, 3.8) is 0 Å². The molecule has 0 spiro atoms. The Hall–Kier alpha value is -2.14. The first-order valence-electron chi connectivity index (χ1n) is 8.04. The highest BCUT2D eigenvalue weighted by Crippen LogP contribution is 2.27. The molecule has 0 saturated heterocycles. The van der Waals surface area contributed by atoms with Gasteiger partial charge in [-0.05, 0) is 30.2 Å². The van der Waals surface area contributed by atoms with Crippen LogP contribution in [0.15, 0.2) is 68.8 Å². The van der Waals surface area contributed by atoms with Crippen LogP contribution < -0.4 is 0 Å². The summed E-state index contributed by atoms with van der Waals surface area (Å²) in [6.45, 7) is 4.84. The molecule has 2 atom stereocenters. The Morgan fingerprint density at radius 3 is 2.46 bits per heavy atom. The summed E-state index contributed by atoms with van der Waals surface area (Å²) < 4.78 is 23.4. The van der Waals surface area contributed by atoms with Gasteiger partial charge in [0.2, 0.25) is 5.90 Å². The van der Waals surface area contributed by atoms with Crippen LogP contribution >= 0.6 is 0 Å². The third kappa shape index (κ3) is 3.51. The third-order valence-corrected chi connectivity index (χ3v) is 5.72. The SMILES string of the molecule is CC(C)[C@H]1COC(c2ccccc2N=S(C)(=O)c2ccccc2)=N1. The Balaban J connectivity index is 2.04. The highest BCUT2D eigenvalue weighted by Gasteiger charge is 2.24. The fraction of sp³-hybridized carbons (Fsp3) is 0.316. The maximum Gasteiger partial charge on any atom is 0.218 e. The van der Waals surface area contributed by atoms with Crippen molar-refractivity contribution in [2.24, 2.45) is 15.3 Å². The molecular weight excluding hydrogens is 320 g/mol. The molecule has 0 bridgehead atoms. The Labute approximate surface area is 143 Å². The average molecular weight is 342 g/mol. The summed E-state index contributed by atoms with van der Waals surface area (Å²) in [6, 6.07) is 17.1. The normalized spacial score (nSPS) is 19.5. The van der Waals surface area contributed by atoms with Crippen molar-refractivity contribution in [3.05, 3.63) is 60.2 Å². The Bertz CT molecular complexity index is 866. The van der Waals surface area contributed by atoms with Gasteiger partial charge in [0.15, 0.2) is 0 Å². The van der Waals surface area contributed by atoms with Gasteiger partial charge in [-0.1, -0.05) is 44.2 Å². The van der Waals surface area contributed by atoms with Crippen LogP contribution in [0.5, 0.6) is 0 Å². The molecule has 5 heteroatoms. The molecule has 1 aliphatic heterocycles. The summed E-state index contributed by atoms with van der Waals surface area (Å²) in [4.78, 5) is 5.38. The van der Waals surface area contributed by atoms with Crippen molar-refractivity contribution in [1.82, 2.24) is 0 Å². The zero-order valence-electron chi connectivity index (χ0n) is 14.2. The lowest BCUT2D eigenvalue weighted by Crippen LogP contribution is -2.13. The topological polar surface area (TPSA) is 51.0 Å². The smallest absolute Gasteiger partial charge is 0.218 e. The number of nitrogens with zero attached hydrogens (tertiary/aromatic N) is 2. The van der Waals surface area contributed by atoms with Crippen LogP contribution in [0, 0.1) is 5.92 Å². The van der Waals surface area contributed by atoms with Gasteiger partial charge < -0.3 is 4.74 Å². The molecule has 4 nitrogen and oxygen atoms in total. The predicted molar refractivity (Wildman–Crippen MR) is 98.4 cm³/mol. The number of benzene rings is 2. The molecule has 0 amide bonds. The van der Waals surface area contributed by atoms with E-state index in [1.165, 1.54) is 0 Å². The Morgan fingerprint density at radius 1 is 1.12 bits per heavy atom. The monoisotopic (exact) mass is 342 g/mol. The molecule has 0 radical (unpaired) electrons. The second-order valence-electron chi connectivity index (χ2n) is 6.28. The van der Waals surface area contributed by atoms with Crippen molar-refractivity contribution in [3.8, 4) is 0 Å². The number of hydrogen-bond donors (Lipinski definition) is 0. The zero-order chi connectivity index (χ0) is 17.2. The van der Waals surface area contributed by atoms with E-state index in [0.717, 1.165) is 5.56 Å². The molecule has 0 fully saturated rings. The maximum absolute atomic E-state index is 13.0. The standard InChI is InChI=1S/C19H22N2O2S/c1-14(2)18-13-23-19(20-18)16-11-7-8-12-17(16)21-24(3,22)15-9-5-4-6-10-15/h4-12,14,18H,13H2,1-3H3/t18-,24?/m1/s1. The minimum atomic E-state index is -2.53. The molecule has 24 heavy (non-hydrogen) atoms. The summed E-state index contributed by atoms with van der Waals surface area (Å²) in [6.07, 6.45) is 1.66. The summed E-state index contributed by atoms with van der Waals surface area (Å²) in [5.41, 5.74) is 1.45. The van der Waals surface area contributed by atoms with E-state index in [2.05, 4.69) is 23.2 Å². The fourth-order valence-corrected chi connectivity index (χ4v) is 3.83. The molecule has 0 N–H and O–H groups in total. The molecule has 1 heterocycles. The van der Waals surface area contributed by atoms with Crippen LogP contribution in [-0.2, 0) is 14.5 Å². The minimum absolute atomic E-state index is 0.160. The van der Waals surface area contributed by atoms with Gasteiger partial charge in [0.1, 0.15) is 6.61 Å². The van der Waals surface area contributed by atoms with Gasteiger partial charge in [-0.3, -0.25) is 0 Å². The molecule has 0 aliphatic carbocycles. The number of rotatable bonds is 4. The fourth-order valence-electron chi connectivity index (χ4n) is 2.53. The van der Waals surface area contributed by atoms with E-state index in [1.54, 1.807) is 6.26 Å². The first-order valence-corrected chi connectivity index (χ1v) is 9.97. The maximum atomic E-state index is 13.0. The lowest BCUT2D eigenvalue weighted by atomic mass is 10.1. The van der Waals surface area contributed by atoms with Crippen LogP contribution in [0.2, 0.25) is 0 Å². The van der Waals surface area contributed by atoms with E-state index in [4.69, 9.17) is 4.74 Å². The summed E-state index contributed by atoms with van der Waals surface area (Å²) >= 11 is 0. The largest absolute Gasteiger partial charge is 0.475 e. The van der Waals surface area contributed by atoms with E-state index >= 15 is 0 Å². The van der Waals surface area contributed by atoms with Crippen molar-refractivity contribution >= 4 is 21.3 Å². The molecule has 2 aromatic carbocycles. The van der Waals surface area contributed by atoms with E-state index < -0.39 is 9.73 Å². The van der Waals surface area contributed by atoms with Gasteiger partial charge in [0.05, 0.1) is 27.0 Å². The second kappa shape index (κ2) is 6.77. The molecular formula is C19H22N2O2S. The van der Waals surface area contributed by atoms with Gasteiger partial charge in [0, 0.05) is 11.2 Å². The van der Waals surface area contributed by atoms with Crippen molar-refractivity contribution < 1.29 is 8.95 Å². The second-order valence-corrected chi connectivity index (χ2v) is 8.54. The minimum Gasteiger partial charge on any atom is -0.475 e. The van der Waals surface area contributed by atoms with Gasteiger partial charge in [-0.25, -0.2) is 9.20 Å². The lowest BCUT2D eigenvalue weighted by Gasteiger charge is -2.08. The Kier molecular flexibility index (Phi) is 4.71. The molecule has 1 unspecified atom stereocenters. The summed E-state index contributed by atoms with van der Waals surface area (Å²) in [5, 5.41) is 0. The van der Waals surface area contributed by atoms with E-state index in [1.807, 2.05) is 54.6 Å². The van der Waals surface area contributed by atoms with Crippen LogP contribution in [0.25, 0.3) is 0 Å². The highest BCUT2D eigenvalue weighted by molar-refractivity contribution is 7.93. The molecule has 126 valence electrons. The Morgan fingerprint density at radius 2 is 1.79 bits per heavy atom. The molecule has 0 saturated carbocycles. The van der Waals surface area contributed by atoms with E-state index in [-0.39, 0.29) is 6.04 Å². The number of ether oxygens (including phenoxy) is 1. The zero-order valence-corrected chi connectivity index (χ0v) is 15.0. The number of hydrogen-bond acceptors (Lipinski definition) is 4. The van der Waals surface area contributed by atoms with Gasteiger partial charge >= 0.3 is 0 Å². The molecule has 3 rings (SSSR count). The van der Waals surface area contributed by atoms with Crippen LogP contribution in [-0.4, -0.2) is 29.0 Å². The first kappa shape index (κ1) is 16.7. The summed E-state index contributed by atoms with van der Waals surface area (Å²) in [7, 11) is -2.53. The quantitative estimate of drug-likeness (QED) is 0.833. The number of aliphatic imine (C=N–C) groups is 1. The van der Waals surface area contributed by atoms with Crippen molar-refractivity contribution in [2.45, 2.75) is 24.8 Å². The van der Waals surface area contributed by atoms with Crippen LogP contribution in [0.1, 0.15) is 19.4 Å². The van der Waals surface area contributed by atoms with Crippen LogP contribution in [0.3, 0.4) is 0 Å². The lowest BCUT2D eigenvalue weighted by molar-refractivity contribution is 0.292. The molecule has 1 aliphatic rings. The van der Waals surface area contributed by atoms with E-state index in [0.29, 0.717) is 29.0 Å². The highest BCUT2D eigenvalue weighted by atomic mass is 32.2. The molecule has 2 aromatic rings. The third-order valence-electron chi connectivity index (χ3n) is 4.03. The van der Waals surface area contributed by atoms with Gasteiger partial charge in [-0.15, -0.1) is 0 Å².